The first-order chi connectivity index (χ1) is 14.6. The van der Waals surface area contributed by atoms with Gasteiger partial charge in [0, 0.05) is 20.5 Å². The molecule has 2 aromatic carbocycles. The molecule has 0 saturated carbocycles. The number of carbonyl (C=O) groups excluding carboxylic acids is 2. The Morgan fingerprint density at radius 1 is 0.935 bits per heavy atom. The number of hydrogen-bond acceptors (Lipinski definition) is 5. The van der Waals surface area contributed by atoms with Gasteiger partial charge in [0.15, 0.2) is 0 Å². The number of hydroxylamine groups is 2. The van der Waals surface area contributed by atoms with E-state index in [-0.39, 0.29) is 5.91 Å². The van der Waals surface area contributed by atoms with E-state index in [2.05, 4.69) is 0 Å². The molecule has 0 saturated heterocycles. The molecule has 31 heavy (non-hydrogen) atoms. The zero-order chi connectivity index (χ0) is 23.0. The Morgan fingerprint density at radius 3 is 2.10 bits per heavy atom. The lowest BCUT2D eigenvalue weighted by Crippen LogP contribution is -2.50. The molecule has 0 heterocycles. The second kappa shape index (κ2) is 10.8. The van der Waals surface area contributed by atoms with Crippen LogP contribution in [0.25, 0.3) is 0 Å². The zero-order valence-corrected chi connectivity index (χ0v) is 19.1. The maximum atomic E-state index is 12.8. The van der Waals surface area contributed by atoms with Crippen molar-refractivity contribution in [3.8, 4) is 5.75 Å². The van der Waals surface area contributed by atoms with E-state index in [1.54, 1.807) is 27.8 Å². The summed E-state index contributed by atoms with van der Waals surface area (Å²) in [4.78, 5) is 31.7. The summed E-state index contributed by atoms with van der Waals surface area (Å²) >= 11 is 0. The van der Waals surface area contributed by atoms with Gasteiger partial charge in [0.25, 0.3) is 5.91 Å². The lowest BCUT2D eigenvalue weighted by molar-refractivity contribution is -0.173. The van der Waals surface area contributed by atoms with Crippen molar-refractivity contribution >= 4 is 12.0 Å². The second-order valence-electron chi connectivity index (χ2n) is 8.25. The van der Waals surface area contributed by atoms with Crippen LogP contribution in [0, 0.1) is 0 Å². The molecule has 0 radical (unpaired) electrons. The van der Waals surface area contributed by atoms with Crippen LogP contribution < -0.4 is 4.74 Å². The van der Waals surface area contributed by atoms with Crippen LogP contribution in [0.1, 0.15) is 31.9 Å². The summed E-state index contributed by atoms with van der Waals surface area (Å²) in [6, 6.07) is 16.6. The van der Waals surface area contributed by atoms with Gasteiger partial charge in [0.1, 0.15) is 24.0 Å². The molecule has 2 amide bonds. The molecule has 1 atom stereocenters. The van der Waals surface area contributed by atoms with E-state index in [1.165, 1.54) is 19.1 Å². The molecule has 1 unspecified atom stereocenters. The molecular weight excluding hydrogens is 396 g/mol. The lowest BCUT2D eigenvalue weighted by atomic mass is 10.0. The first kappa shape index (κ1) is 24.2. The van der Waals surface area contributed by atoms with Crippen molar-refractivity contribution in [2.45, 2.75) is 45.4 Å². The number of carbonyl (C=O) groups is 2. The molecule has 0 aliphatic carbocycles. The fourth-order valence-corrected chi connectivity index (χ4v) is 2.84. The molecule has 0 fully saturated rings. The van der Waals surface area contributed by atoms with Gasteiger partial charge in [-0.15, -0.1) is 0 Å². The highest BCUT2D eigenvalue weighted by Crippen LogP contribution is 2.19. The number of ether oxygens (including phenoxy) is 2. The van der Waals surface area contributed by atoms with Gasteiger partial charge in [-0.05, 0) is 44.0 Å². The predicted molar refractivity (Wildman–Crippen MR) is 118 cm³/mol. The van der Waals surface area contributed by atoms with Crippen molar-refractivity contribution < 1.29 is 23.9 Å². The van der Waals surface area contributed by atoms with Crippen LogP contribution in [0.3, 0.4) is 0 Å². The fraction of sp³-hybridized carbons (Fsp3) is 0.417. The van der Waals surface area contributed by atoms with E-state index in [0.29, 0.717) is 13.0 Å². The zero-order valence-electron chi connectivity index (χ0n) is 19.1. The van der Waals surface area contributed by atoms with Gasteiger partial charge in [-0.1, -0.05) is 42.5 Å². The third-order valence-corrected chi connectivity index (χ3v) is 4.62. The molecule has 168 valence electrons. The van der Waals surface area contributed by atoms with Crippen LogP contribution in [-0.2, 0) is 27.4 Å². The quantitative estimate of drug-likeness (QED) is 0.593. The Balaban J connectivity index is 2.10. The van der Waals surface area contributed by atoms with E-state index in [4.69, 9.17) is 14.3 Å². The lowest BCUT2D eigenvalue weighted by Gasteiger charge is -2.31. The molecule has 0 bridgehead atoms. The maximum absolute atomic E-state index is 12.8. The van der Waals surface area contributed by atoms with Crippen molar-refractivity contribution in [3.63, 3.8) is 0 Å². The van der Waals surface area contributed by atoms with E-state index in [0.717, 1.165) is 21.9 Å². The Hall–Kier alpha value is -3.06. The van der Waals surface area contributed by atoms with Gasteiger partial charge in [-0.3, -0.25) is 14.5 Å². The summed E-state index contributed by atoms with van der Waals surface area (Å²) in [5.41, 5.74) is 1.30. The molecule has 0 N–H and O–H groups in total. The summed E-state index contributed by atoms with van der Waals surface area (Å²) in [7, 11) is 4.47. The highest BCUT2D eigenvalue weighted by atomic mass is 16.7. The van der Waals surface area contributed by atoms with Gasteiger partial charge in [0.05, 0.1) is 7.11 Å². The molecule has 2 rings (SSSR count). The van der Waals surface area contributed by atoms with E-state index >= 15 is 0 Å². The molecule has 0 aliphatic heterocycles. The molecule has 0 spiro atoms. The molecule has 7 heteroatoms. The molecule has 7 nitrogen and oxygen atoms in total. The summed E-state index contributed by atoms with van der Waals surface area (Å²) < 4.78 is 11.2. The third kappa shape index (κ3) is 7.61. The summed E-state index contributed by atoms with van der Waals surface area (Å²) in [5.74, 6) is 0.380. The normalized spacial score (nSPS) is 12.1. The van der Waals surface area contributed by atoms with E-state index in [1.807, 2.05) is 54.6 Å². The first-order valence-electron chi connectivity index (χ1n) is 10.1. The van der Waals surface area contributed by atoms with Crippen LogP contribution in [0.2, 0.25) is 0 Å². The minimum atomic E-state index is -0.782. The largest absolute Gasteiger partial charge is 0.489 e. The fourth-order valence-electron chi connectivity index (χ4n) is 2.84. The summed E-state index contributed by atoms with van der Waals surface area (Å²) in [6.07, 6.45) is -0.264. The minimum Gasteiger partial charge on any atom is -0.489 e. The number of nitrogens with zero attached hydrogens (tertiary/aromatic N) is 2. The monoisotopic (exact) mass is 428 g/mol. The number of rotatable bonds is 8. The van der Waals surface area contributed by atoms with Crippen LogP contribution in [-0.4, -0.2) is 54.8 Å². The van der Waals surface area contributed by atoms with E-state index < -0.39 is 17.7 Å². The number of amides is 2. The Labute approximate surface area is 184 Å². The smallest absolute Gasteiger partial charge is 0.410 e. The van der Waals surface area contributed by atoms with Gasteiger partial charge < -0.3 is 9.47 Å². The topological polar surface area (TPSA) is 68.3 Å². The molecule has 2 aromatic rings. The van der Waals surface area contributed by atoms with Crippen molar-refractivity contribution in [2.75, 3.05) is 21.2 Å². The average molecular weight is 429 g/mol. The van der Waals surface area contributed by atoms with Crippen LogP contribution in [0.5, 0.6) is 5.75 Å². The number of benzene rings is 2. The second-order valence-corrected chi connectivity index (χ2v) is 8.25. The van der Waals surface area contributed by atoms with Gasteiger partial charge in [-0.25, -0.2) is 9.86 Å². The van der Waals surface area contributed by atoms with Crippen molar-refractivity contribution in [2.24, 2.45) is 0 Å². The average Bonchev–Trinajstić information content (AvgIpc) is 2.74. The number of likely N-dealkylation sites (N-methyl/N-ethyl adjacent to an activating group) is 2. The van der Waals surface area contributed by atoms with Crippen LogP contribution >= 0.6 is 0 Å². The van der Waals surface area contributed by atoms with Crippen molar-refractivity contribution in [1.29, 1.82) is 0 Å². The highest BCUT2D eigenvalue weighted by molar-refractivity contribution is 5.85. The Kier molecular flexibility index (Phi) is 8.45. The van der Waals surface area contributed by atoms with Gasteiger partial charge >= 0.3 is 6.09 Å². The predicted octanol–water partition coefficient (Wildman–Crippen LogP) is 4.06. The minimum absolute atomic E-state index is 0.307. The molecular formula is C24H32N2O5. The maximum Gasteiger partial charge on any atom is 0.410 e. The Morgan fingerprint density at radius 2 is 1.55 bits per heavy atom. The molecule has 0 aromatic heterocycles. The Bertz CT molecular complexity index is 847. The molecule has 0 aliphatic rings. The summed E-state index contributed by atoms with van der Waals surface area (Å²) in [6.45, 7) is 5.82. The number of hydrogen-bond donors (Lipinski definition) is 0. The summed E-state index contributed by atoms with van der Waals surface area (Å²) in [5, 5.41) is 1.11. The van der Waals surface area contributed by atoms with Gasteiger partial charge in [0.2, 0.25) is 0 Å². The van der Waals surface area contributed by atoms with Crippen LogP contribution in [0.15, 0.2) is 54.6 Å². The highest BCUT2D eigenvalue weighted by Gasteiger charge is 2.32. The SMILES string of the molecule is CON(C)C(=O)C(Cc1ccc(OCc2ccccc2)cc1)N(C)C(=O)OC(C)(C)C. The third-order valence-electron chi connectivity index (χ3n) is 4.62. The first-order valence-corrected chi connectivity index (χ1v) is 10.1. The standard InChI is InChI=1S/C24H32N2O5/c1-24(2,3)31-23(28)25(4)21(22(27)26(5)29-6)16-18-12-14-20(15-13-18)30-17-19-10-8-7-9-11-19/h7-15,21H,16-17H2,1-6H3. The van der Waals surface area contributed by atoms with Gasteiger partial charge in [-0.2, -0.15) is 0 Å². The van der Waals surface area contributed by atoms with Crippen molar-refractivity contribution in [3.05, 3.63) is 65.7 Å². The van der Waals surface area contributed by atoms with Crippen LogP contribution in [0.4, 0.5) is 4.79 Å². The van der Waals surface area contributed by atoms with Crippen molar-refractivity contribution in [1.82, 2.24) is 9.96 Å². The van der Waals surface area contributed by atoms with E-state index in [9.17, 15) is 9.59 Å².